The van der Waals surface area contributed by atoms with Crippen molar-refractivity contribution >= 4 is 21.6 Å². The van der Waals surface area contributed by atoms with Crippen molar-refractivity contribution in [3.8, 4) is 23.3 Å². The van der Waals surface area contributed by atoms with Crippen LogP contribution in [0.2, 0.25) is 0 Å². The van der Waals surface area contributed by atoms with Crippen LogP contribution in [0.3, 0.4) is 0 Å². The summed E-state index contributed by atoms with van der Waals surface area (Å²) in [6.07, 6.45) is 5.79. The highest BCUT2D eigenvalue weighted by Gasteiger charge is 2.39. The summed E-state index contributed by atoms with van der Waals surface area (Å²) in [5.74, 6) is 6.43. The molecule has 2 fully saturated rings. The number of rotatable bonds is 3. The van der Waals surface area contributed by atoms with Gasteiger partial charge in [-0.2, -0.15) is 0 Å². The maximum Gasteiger partial charge on any atom is 0.275 e. The number of piperidine rings is 1. The minimum absolute atomic E-state index is 0.124. The molecule has 1 unspecified atom stereocenters. The average Bonchev–Trinajstić information content (AvgIpc) is 3.25. The van der Waals surface area contributed by atoms with Crippen LogP contribution in [-0.2, 0) is 0 Å². The molecule has 2 aliphatic rings. The van der Waals surface area contributed by atoms with Gasteiger partial charge in [0.2, 0.25) is 0 Å². The van der Waals surface area contributed by atoms with Gasteiger partial charge >= 0.3 is 0 Å². The first-order valence-electron chi connectivity index (χ1n) is 10.7. The van der Waals surface area contributed by atoms with Crippen molar-refractivity contribution in [2.45, 2.75) is 56.9 Å². The van der Waals surface area contributed by atoms with Crippen molar-refractivity contribution in [1.29, 1.82) is 0 Å². The van der Waals surface area contributed by atoms with Gasteiger partial charge in [-0.05, 0) is 70.0 Å². The largest absolute Gasteiger partial charge is 0.490 e. The molecule has 5 rings (SSSR count). The Morgan fingerprint density at radius 1 is 1.23 bits per heavy atom. The molecule has 3 aromatic rings. The molecule has 2 aliphatic heterocycles. The summed E-state index contributed by atoms with van der Waals surface area (Å²) in [6.45, 7) is 1.61. The number of thiophene rings is 1. The molecule has 1 aromatic carbocycles. The van der Waals surface area contributed by atoms with Crippen LogP contribution >= 0.6 is 11.3 Å². The Hall–Kier alpha value is -2.66. The van der Waals surface area contributed by atoms with Crippen molar-refractivity contribution in [1.82, 2.24) is 14.5 Å². The van der Waals surface area contributed by atoms with E-state index in [4.69, 9.17) is 4.74 Å². The Labute approximate surface area is 185 Å². The summed E-state index contributed by atoms with van der Waals surface area (Å²) < 4.78 is 8.36. The average molecular weight is 436 g/mol. The number of aliphatic hydroxyl groups is 1. The fourth-order valence-electron chi connectivity index (χ4n) is 4.67. The van der Waals surface area contributed by atoms with Gasteiger partial charge in [0.05, 0.1) is 16.1 Å². The minimum Gasteiger partial charge on any atom is -0.490 e. The first kappa shape index (κ1) is 20.3. The van der Waals surface area contributed by atoms with E-state index in [-0.39, 0.29) is 11.7 Å². The monoisotopic (exact) mass is 435 g/mol. The van der Waals surface area contributed by atoms with Gasteiger partial charge in [0.25, 0.3) is 5.56 Å². The van der Waals surface area contributed by atoms with Crippen molar-refractivity contribution in [2.24, 2.45) is 0 Å². The molecule has 0 saturated carbocycles. The lowest BCUT2D eigenvalue weighted by Gasteiger charge is -2.36. The third-order valence-corrected chi connectivity index (χ3v) is 7.34. The van der Waals surface area contributed by atoms with Crippen molar-refractivity contribution in [3.05, 3.63) is 51.9 Å². The number of fused-ring (bicyclic) bond motifs is 3. The summed E-state index contributed by atoms with van der Waals surface area (Å²) >= 11 is 1.30. The number of hydrogen-bond acceptors (Lipinski definition) is 6. The van der Waals surface area contributed by atoms with Gasteiger partial charge in [0, 0.05) is 12.1 Å². The Bertz CT molecular complexity index is 1200. The van der Waals surface area contributed by atoms with Gasteiger partial charge < -0.3 is 14.7 Å². The third kappa shape index (κ3) is 3.99. The predicted molar refractivity (Wildman–Crippen MR) is 122 cm³/mol. The van der Waals surface area contributed by atoms with E-state index in [1.54, 1.807) is 23.9 Å². The quantitative estimate of drug-likeness (QED) is 0.640. The molecule has 160 valence electrons. The normalized spacial score (nSPS) is 24.0. The van der Waals surface area contributed by atoms with Crippen molar-refractivity contribution < 1.29 is 9.84 Å². The van der Waals surface area contributed by atoms with Crippen LogP contribution < -0.4 is 10.3 Å². The van der Waals surface area contributed by atoms with E-state index >= 15 is 0 Å². The highest BCUT2D eigenvalue weighted by molar-refractivity contribution is 7.19. The smallest absolute Gasteiger partial charge is 0.275 e. The molecule has 0 spiro atoms. The second-order valence-electron chi connectivity index (χ2n) is 8.45. The SMILES string of the molecule is CC(O)C#Cc1cc2ncn(-c3ccc(O[C@H]4C[C@H]5CC[C@@H](C4)N5C)cc3)c(=O)c2s1. The fraction of sp³-hybridized carbons (Fsp3) is 0.417. The van der Waals surface area contributed by atoms with E-state index in [0.717, 1.165) is 24.3 Å². The van der Waals surface area contributed by atoms with Gasteiger partial charge in [-0.15, -0.1) is 11.3 Å². The third-order valence-electron chi connectivity index (χ3n) is 6.31. The standard InChI is InChI=1S/C24H25N3O3S/c1-15(28)3-10-21-13-22-23(31-21)24(29)27(14-25-22)16-6-8-19(9-7-16)30-20-11-17-4-5-18(12-20)26(17)2/h6-9,13-15,17-18,20,28H,4-5,11-12H2,1-2H3/t15?,17-,18+,20+. The first-order valence-corrected chi connectivity index (χ1v) is 11.5. The molecule has 4 heterocycles. The molecule has 0 amide bonds. The van der Waals surface area contributed by atoms with Crippen LogP contribution in [0.4, 0.5) is 0 Å². The zero-order valence-corrected chi connectivity index (χ0v) is 18.4. The molecule has 7 heteroatoms. The minimum atomic E-state index is -0.708. The summed E-state index contributed by atoms with van der Waals surface area (Å²) in [5, 5.41) is 9.34. The number of nitrogens with zero attached hydrogens (tertiary/aromatic N) is 3. The molecular formula is C24H25N3O3S. The van der Waals surface area contributed by atoms with E-state index in [2.05, 4.69) is 28.8 Å². The van der Waals surface area contributed by atoms with E-state index in [1.165, 1.54) is 24.2 Å². The number of aromatic nitrogens is 2. The second kappa shape index (κ2) is 8.12. The first-order chi connectivity index (χ1) is 15.0. The van der Waals surface area contributed by atoms with Crippen LogP contribution in [0.25, 0.3) is 15.9 Å². The van der Waals surface area contributed by atoms with E-state index in [1.807, 2.05) is 24.3 Å². The highest BCUT2D eigenvalue weighted by Crippen LogP contribution is 2.36. The van der Waals surface area contributed by atoms with Crippen molar-refractivity contribution in [3.63, 3.8) is 0 Å². The molecule has 4 atom stereocenters. The van der Waals surface area contributed by atoms with Gasteiger partial charge in [0.15, 0.2) is 0 Å². The molecule has 2 saturated heterocycles. The number of benzene rings is 1. The molecule has 6 nitrogen and oxygen atoms in total. The fourth-order valence-corrected chi connectivity index (χ4v) is 5.57. The number of aliphatic hydroxyl groups excluding tert-OH is 1. The zero-order valence-electron chi connectivity index (χ0n) is 17.6. The zero-order chi connectivity index (χ0) is 21.5. The summed E-state index contributed by atoms with van der Waals surface area (Å²) in [4.78, 5) is 20.6. The molecular weight excluding hydrogens is 410 g/mol. The molecule has 0 aliphatic carbocycles. The number of hydrogen-bond donors (Lipinski definition) is 1. The summed E-state index contributed by atoms with van der Waals surface area (Å²) in [7, 11) is 2.23. The predicted octanol–water partition coefficient (Wildman–Crippen LogP) is 3.18. The Balaban J connectivity index is 1.35. The summed E-state index contributed by atoms with van der Waals surface area (Å²) in [6, 6.07) is 10.7. The Morgan fingerprint density at radius 2 is 1.94 bits per heavy atom. The number of ether oxygens (including phenoxy) is 1. The maximum atomic E-state index is 13.0. The molecule has 31 heavy (non-hydrogen) atoms. The Morgan fingerprint density at radius 3 is 2.61 bits per heavy atom. The van der Waals surface area contributed by atoms with Crippen LogP contribution in [0.15, 0.2) is 41.5 Å². The van der Waals surface area contributed by atoms with Crippen LogP contribution in [0.5, 0.6) is 5.75 Å². The van der Waals surface area contributed by atoms with Gasteiger partial charge in [0.1, 0.15) is 29.0 Å². The van der Waals surface area contributed by atoms with Crippen LogP contribution in [-0.4, -0.2) is 50.9 Å². The van der Waals surface area contributed by atoms with E-state index < -0.39 is 6.10 Å². The van der Waals surface area contributed by atoms with Crippen LogP contribution in [0, 0.1) is 11.8 Å². The lowest BCUT2D eigenvalue weighted by molar-refractivity contribution is 0.0662. The topological polar surface area (TPSA) is 67.6 Å². The molecule has 2 bridgehead atoms. The van der Waals surface area contributed by atoms with Gasteiger partial charge in [-0.3, -0.25) is 9.36 Å². The highest BCUT2D eigenvalue weighted by atomic mass is 32.1. The van der Waals surface area contributed by atoms with Gasteiger partial charge in [-0.1, -0.05) is 11.8 Å². The van der Waals surface area contributed by atoms with Crippen LogP contribution in [0.1, 0.15) is 37.5 Å². The second-order valence-corrected chi connectivity index (χ2v) is 9.50. The lowest BCUT2D eigenvalue weighted by atomic mass is 10.0. The molecule has 0 radical (unpaired) electrons. The molecule has 1 N–H and O–H groups in total. The molecule has 2 aromatic heterocycles. The van der Waals surface area contributed by atoms with E-state index in [0.29, 0.717) is 27.2 Å². The Kier molecular flexibility index (Phi) is 5.30. The van der Waals surface area contributed by atoms with Crippen molar-refractivity contribution in [2.75, 3.05) is 7.05 Å². The van der Waals surface area contributed by atoms with E-state index in [9.17, 15) is 9.90 Å². The van der Waals surface area contributed by atoms with Gasteiger partial charge in [-0.25, -0.2) is 4.98 Å². The lowest BCUT2D eigenvalue weighted by Crippen LogP contribution is -2.43. The summed E-state index contributed by atoms with van der Waals surface area (Å²) in [5.41, 5.74) is 1.25. The maximum absolute atomic E-state index is 13.0.